The second-order valence-electron chi connectivity index (χ2n) is 4.36. The molecular weight excluding hydrogens is 184 g/mol. The molecule has 0 aliphatic heterocycles. The summed E-state index contributed by atoms with van der Waals surface area (Å²) < 4.78 is 0. The Hall–Kier alpha value is -1.02. The van der Waals surface area contributed by atoms with Gasteiger partial charge >= 0.3 is 0 Å². The minimum Gasteiger partial charge on any atom is -0.385 e. The molecule has 0 aromatic heterocycles. The van der Waals surface area contributed by atoms with E-state index in [4.69, 9.17) is 5.73 Å². The summed E-state index contributed by atoms with van der Waals surface area (Å²) in [4.78, 5) is 0. The molecule has 0 saturated heterocycles. The number of hydrogen-bond acceptors (Lipinski definition) is 2. The summed E-state index contributed by atoms with van der Waals surface area (Å²) in [5.74, 6) is 0. The van der Waals surface area contributed by atoms with Gasteiger partial charge in [-0.3, -0.25) is 0 Å². The smallest absolute Gasteiger partial charge is 0.0372 e. The maximum atomic E-state index is 5.70. The maximum Gasteiger partial charge on any atom is 0.0372 e. The highest BCUT2D eigenvalue weighted by atomic mass is 14.9. The van der Waals surface area contributed by atoms with E-state index >= 15 is 0 Å². The van der Waals surface area contributed by atoms with Gasteiger partial charge in [0.05, 0.1) is 0 Å². The van der Waals surface area contributed by atoms with Crippen LogP contribution in [0.15, 0.2) is 18.2 Å². The van der Waals surface area contributed by atoms with E-state index in [2.05, 4.69) is 44.3 Å². The van der Waals surface area contributed by atoms with Gasteiger partial charge in [0.1, 0.15) is 0 Å². The highest BCUT2D eigenvalue weighted by Gasteiger charge is 1.98. The van der Waals surface area contributed by atoms with Crippen molar-refractivity contribution in [3.63, 3.8) is 0 Å². The van der Waals surface area contributed by atoms with Crippen molar-refractivity contribution in [1.82, 2.24) is 0 Å². The van der Waals surface area contributed by atoms with Gasteiger partial charge in [0, 0.05) is 18.3 Å². The van der Waals surface area contributed by atoms with Crippen molar-refractivity contribution in [3.8, 4) is 0 Å². The second kappa shape index (κ2) is 5.76. The summed E-state index contributed by atoms with van der Waals surface area (Å²) in [6, 6.07) is 6.80. The van der Waals surface area contributed by atoms with Crippen LogP contribution in [0.2, 0.25) is 0 Å². The number of rotatable bonds is 5. The van der Waals surface area contributed by atoms with Gasteiger partial charge in [-0.2, -0.15) is 0 Å². The van der Waals surface area contributed by atoms with E-state index in [1.165, 1.54) is 16.8 Å². The van der Waals surface area contributed by atoms with E-state index in [0.29, 0.717) is 6.04 Å². The third-order valence-electron chi connectivity index (χ3n) is 2.54. The van der Waals surface area contributed by atoms with Crippen LogP contribution < -0.4 is 11.1 Å². The standard InChI is InChI=1S/C13H22N2/c1-10-6-7-11(2)13(9-10)15-8-4-5-12(3)14/h6-7,9,12,15H,4-5,8,14H2,1-3H3. The summed E-state index contributed by atoms with van der Waals surface area (Å²) in [6.45, 7) is 7.31. The van der Waals surface area contributed by atoms with E-state index in [1.807, 2.05) is 0 Å². The molecule has 2 heteroatoms. The van der Waals surface area contributed by atoms with Crippen LogP contribution in [0.5, 0.6) is 0 Å². The van der Waals surface area contributed by atoms with Crippen molar-refractivity contribution < 1.29 is 0 Å². The van der Waals surface area contributed by atoms with Crippen LogP contribution in [-0.4, -0.2) is 12.6 Å². The van der Waals surface area contributed by atoms with Crippen LogP contribution in [0.1, 0.15) is 30.9 Å². The number of benzene rings is 1. The SMILES string of the molecule is Cc1ccc(C)c(NCCCC(C)N)c1. The van der Waals surface area contributed by atoms with Gasteiger partial charge in [-0.05, 0) is 50.8 Å². The molecule has 0 amide bonds. The Bertz CT molecular complexity index is 305. The molecule has 1 unspecified atom stereocenters. The number of nitrogens with two attached hydrogens (primary N) is 1. The van der Waals surface area contributed by atoms with Crippen LogP contribution in [0.3, 0.4) is 0 Å². The molecule has 0 aliphatic carbocycles. The first-order valence-corrected chi connectivity index (χ1v) is 5.66. The van der Waals surface area contributed by atoms with Crippen molar-refractivity contribution >= 4 is 5.69 Å². The molecule has 1 aromatic rings. The van der Waals surface area contributed by atoms with Gasteiger partial charge in [-0.1, -0.05) is 12.1 Å². The summed E-state index contributed by atoms with van der Waals surface area (Å²) in [7, 11) is 0. The van der Waals surface area contributed by atoms with Gasteiger partial charge < -0.3 is 11.1 Å². The number of anilines is 1. The topological polar surface area (TPSA) is 38.0 Å². The average Bonchev–Trinajstić information content (AvgIpc) is 2.17. The lowest BCUT2D eigenvalue weighted by molar-refractivity contribution is 0.639. The predicted octanol–water partition coefficient (Wildman–Crippen LogP) is 2.84. The van der Waals surface area contributed by atoms with Crippen LogP contribution >= 0.6 is 0 Å². The third kappa shape index (κ3) is 4.34. The average molecular weight is 206 g/mol. The highest BCUT2D eigenvalue weighted by Crippen LogP contribution is 2.16. The minimum atomic E-state index is 0.311. The van der Waals surface area contributed by atoms with Gasteiger partial charge in [-0.15, -0.1) is 0 Å². The zero-order valence-corrected chi connectivity index (χ0v) is 10.0. The second-order valence-corrected chi connectivity index (χ2v) is 4.36. The van der Waals surface area contributed by atoms with E-state index in [9.17, 15) is 0 Å². The fourth-order valence-corrected chi connectivity index (χ4v) is 1.57. The Labute approximate surface area is 92.9 Å². The molecule has 0 bridgehead atoms. The lowest BCUT2D eigenvalue weighted by atomic mass is 10.1. The molecule has 1 aromatic carbocycles. The summed E-state index contributed by atoms with van der Waals surface area (Å²) in [5, 5.41) is 3.45. The van der Waals surface area contributed by atoms with Crippen molar-refractivity contribution in [3.05, 3.63) is 29.3 Å². The van der Waals surface area contributed by atoms with Crippen LogP contribution in [0, 0.1) is 13.8 Å². The summed E-state index contributed by atoms with van der Waals surface area (Å²) in [6.07, 6.45) is 2.21. The third-order valence-corrected chi connectivity index (χ3v) is 2.54. The Morgan fingerprint density at radius 1 is 1.33 bits per heavy atom. The number of nitrogens with one attached hydrogen (secondary N) is 1. The summed E-state index contributed by atoms with van der Waals surface area (Å²) >= 11 is 0. The van der Waals surface area contributed by atoms with E-state index < -0.39 is 0 Å². The Balaban J connectivity index is 2.40. The molecular formula is C13H22N2. The molecule has 0 saturated carbocycles. The predicted molar refractivity (Wildman–Crippen MR) is 67.3 cm³/mol. The van der Waals surface area contributed by atoms with E-state index in [-0.39, 0.29) is 0 Å². The molecule has 15 heavy (non-hydrogen) atoms. The fraction of sp³-hybridized carbons (Fsp3) is 0.538. The van der Waals surface area contributed by atoms with E-state index in [0.717, 1.165) is 19.4 Å². The Kier molecular flexibility index (Phi) is 4.63. The van der Waals surface area contributed by atoms with Gasteiger partial charge in [-0.25, -0.2) is 0 Å². The van der Waals surface area contributed by atoms with Crippen LogP contribution in [-0.2, 0) is 0 Å². The molecule has 1 atom stereocenters. The van der Waals surface area contributed by atoms with Gasteiger partial charge in [0.25, 0.3) is 0 Å². The normalized spacial score (nSPS) is 12.5. The quantitative estimate of drug-likeness (QED) is 0.727. The highest BCUT2D eigenvalue weighted by molar-refractivity contribution is 5.52. The first-order valence-electron chi connectivity index (χ1n) is 5.66. The maximum absolute atomic E-state index is 5.70. The van der Waals surface area contributed by atoms with E-state index in [1.54, 1.807) is 0 Å². The monoisotopic (exact) mass is 206 g/mol. The first-order chi connectivity index (χ1) is 7.09. The first kappa shape index (κ1) is 12.1. The largest absolute Gasteiger partial charge is 0.385 e. The minimum absolute atomic E-state index is 0.311. The van der Waals surface area contributed by atoms with Crippen molar-refractivity contribution in [2.24, 2.45) is 5.73 Å². The zero-order valence-electron chi connectivity index (χ0n) is 10.0. The van der Waals surface area contributed by atoms with Crippen LogP contribution in [0.4, 0.5) is 5.69 Å². The van der Waals surface area contributed by atoms with Gasteiger partial charge in [0.15, 0.2) is 0 Å². The molecule has 0 fully saturated rings. The van der Waals surface area contributed by atoms with Crippen LogP contribution in [0.25, 0.3) is 0 Å². The molecule has 2 nitrogen and oxygen atoms in total. The summed E-state index contributed by atoms with van der Waals surface area (Å²) in [5.41, 5.74) is 9.56. The van der Waals surface area contributed by atoms with Crippen molar-refractivity contribution in [2.45, 2.75) is 39.7 Å². The molecule has 0 spiro atoms. The molecule has 0 heterocycles. The number of aryl methyl sites for hydroxylation is 2. The Morgan fingerprint density at radius 2 is 2.07 bits per heavy atom. The molecule has 1 rings (SSSR count). The molecule has 3 N–H and O–H groups in total. The fourth-order valence-electron chi connectivity index (χ4n) is 1.57. The number of hydrogen-bond donors (Lipinski definition) is 2. The Morgan fingerprint density at radius 3 is 2.73 bits per heavy atom. The lowest BCUT2D eigenvalue weighted by Crippen LogP contribution is -2.16. The zero-order chi connectivity index (χ0) is 11.3. The van der Waals surface area contributed by atoms with Crippen molar-refractivity contribution in [1.29, 1.82) is 0 Å². The van der Waals surface area contributed by atoms with Gasteiger partial charge in [0.2, 0.25) is 0 Å². The van der Waals surface area contributed by atoms with Crippen molar-refractivity contribution in [2.75, 3.05) is 11.9 Å². The lowest BCUT2D eigenvalue weighted by Gasteiger charge is -2.11. The molecule has 0 aliphatic rings. The molecule has 0 radical (unpaired) electrons. The molecule has 84 valence electrons.